The minimum Gasteiger partial charge on any atom is -0.348 e. The Morgan fingerprint density at radius 3 is 2.58 bits per heavy atom. The lowest BCUT2D eigenvalue weighted by Gasteiger charge is -2.19. The molecule has 0 spiro atoms. The Labute approximate surface area is 156 Å². The average Bonchev–Trinajstić information content (AvgIpc) is 3.03. The van der Waals surface area contributed by atoms with E-state index in [-0.39, 0.29) is 35.6 Å². The molecule has 0 aliphatic heterocycles. The summed E-state index contributed by atoms with van der Waals surface area (Å²) in [6.07, 6.45) is -2.74. The normalized spacial score (nSPS) is 12.6. The van der Waals surface area contributed by atoms with Crippen LogP contribution < -0.4 is 11.1 Å². The number of alkyl halides is 3. The maximum atomic E-state index is 13.0. The number of hydrogen-bond donors (Lipinski definition) is 2. The summed E-state index contributed by atoms with van der Waals surface area (Å²) >= 11 is 0. The number of nitrogens with one attached hydrogen (secondary N) is 1. The topological polar surface area (TPSA) is 72.9 Å². The van der Waals surface area contributed by atoms with Crippen molar-refractivity contribution in [3.8, 4) is 5.69 Å². The minimum atomic E-state index is -4.53. The summed E-state index contributed by atoms with van der Waals surface area (Å²) in [5.74, 6) is -0.0164. The second kappa shape index (κ2) is 9.05. The van der Waals surface area contributed by atoms with Crippen LogP contribution in [0.5, 0.6) is 0 Å². The number of rotatable bonds is 6. The number of nitrogens with two attached hydrogens (primary N) is 1. The number of halogens is 4. The van der Waals surface area contributed by atoms with E-state index in [0.717, 1.165) is 23.4 Å². The summed E-state index contributed by atoms with van der Waals surface area (Å²) in [5.41, 5.74) is 5.19. The zero-order valence-corrected chi connectivity index (χ0v) is 15.3. The van der Waals surface area contributed by atoms with Crippen LogP contribution in [-0.2, 0) is 6.18 Å². The van der Waals surface area contributed by atoms with E-state index in [9.17, 15) is 18.0 Å². The Morgan fingerprint density at radius 1 is 1.31 bits per heavy atom. The Balaban J connectivity index is 0.00000338. The standard InChI is InChI=1S/C17H21F3N4O.ClH/c1-11(2)8-13(10-21)23-16(25)12-4-3-5-14(9-12)24-15(6-7-22-24)17(18,19)20;/h3-7,9,11,13H,8,10,21H2,1-2H3,(H,23,25);1H. The molecule has 1 heterocycles. The number of carbonyl (C=O) groups excluding carboxylic acids is 1. The van der Waals surface area contributed by atoms with Crippen LogP contribution in [0.1, 0.15) is 36.3 Å². The third kappa shape index (κ3) is 5.47. The minimum absolute atomic E-state index is 0. The van der Waals surface area contributed by atoms with E-state index in [1.807, 2.05) is 13.8 Å². The molecule has 1 atom stereocenters. The van der Waals surface area contributed by atoms with Gasteiger partial charge in [-0.1, -0.05) is 19.9 Å². The van der Waals surface area contributed by atoms with E-state index >= 15 is 0 Å². The third-order valence-corrected chi connectivity index (χ3v) is 3.66. The van der Waals surface area contributed by atoms with E-state index in [4.69, 9.17) is 5.73 Å². The lowest BCUT2D eigenvalue weighted by atomic mass is 10.0. The summed E-state index contributed by atoms with van der Waals surface area (Å²) in [6.45, 7) is 4.33. The van der Waals surface area contributed by atoms with E-state index in [0.29, 0.717) is 12.5 Å². The number of benzene rings is 1. The fraction of sp³-hybridized carbons (Fsp3) is 0.412. The Bertz CT molecular complexity index is 731. The largest absolute Gasteiger partial charge is 0.433 e. The van der Waals surface area contributed by atoms with E-state index < -0.39 is 11.9 Å². The fourth-order valence-corrected chi connectivity index (χ4v) is 2.55. The van der Waals surface area contributed by atoms with Crippen LogP contribution in [0.25, 0.3) is 5.69 Å². The number of amides is 1. The van der Waals surface area contributed by atoms with Crippen molar-refractivity contribution < 1.29 is 18.0 Å². The molecule has 1 unspecified atom stereocenters. The molecular formula is C17H22ClF3N4O. The van der Waals surface area contributed by atoms with Crippen molar-refractivity contribution in [2.45, 2.75) is 32.5 Å². The molecule has 0 aliphatic carbocycles. The van der Waals surface area contributed by atoms with Crippen LogP contribution in [-0.4, -0.2) is 28.3 Å². The molecule has 0 bridgehead atoms. The maximum Gasteiger partial charge on any atom is 0.433 e. The van der Waals surface area contributed by atoms with Gasteiger partial charge in [-0.05, 0) is 36.6 Å². The van der Waals surface area contributed by atoms with Gasteiger partial charge in [0, 0.05) is 18.2 Å². The molecule has 1 aromatic carbocycles. The highest BCUT2D eigenvalue weighted by atomic mass is 35.5. The lowest BCUT2D eigenvalue weighted by molar-refractivity contribution is -0.142. The zero-order valence-electron chi connectivity index (χ0n) is 14.5. The Kier molecular flexibility index (Phi) is 7.65. The quantitative estimate of drug-likeness (QED) is 0.793. The van der Waals surface area contributed by atoms with Gasteiger partial charge in [-0.2, -0.15) is 18.3 Å². The van der Waals surface area contributed by atoms with Gasteiger partial charge in [-0.3, -0.25) is 4.79 Å². The molecule has 0 radical (unpaired) electrons. The number of nitrogens with zero attached hydrogens (tertiary/aromatic N) is 2. The SMILES string of the molecule is CC(C)CC(CN)NC(=O)c1cccc(-n2nccc2C(F)(F)F)c1.Cl. The molecule has 0 saturated heterocycles. The molecule has 0 aliphatic rings. The van der Waals surface area contributed by atoms with Crippen LogP contribution in [0.15, 0.2) is 36.5 Å². The van der Waals surface area contributed by atoms with Crippen LogP contribution in [0, 0.1) is 5.92 Å². The van der Waals surface area contributed by atoms with Gasteiger partial charge in [-0.15, -0.1) is 12.4 Å². The van der Waals surface area contributed by atoms with Crippen LogP contribution in [0.2, 0.25) is 0 Å². The number of aromatic nitrogens is 2. The molecule has 0 saturated carbocycles. The van der Waals surface area contributed by atoms with E-state index in [2.05, 4.69) is 10.4 Å². The van der Waals surface area contributed by atoms with Gasteiger partial charge in [0.25, 0.3) is 5.91 Å². The fourth-order valence-electron chi connectivity index (χ4n) is 2.55. The highest BCUT2D eigenvalue weighted by molar-refractivity contribution is 5.94. The monoisotopic (exact) mass is 390 g/mol. The zero-order chi connectivity index (χ0) is 18.6. The molecule has 1 aromatic heterocycles. The Hall–Kier alpha value is -2.06. The summed E-state index contributed by atoms with van der Waals surface area (Å²) in [6, 6.07) is 6.60. The van der Waals surface area contributed by atoms with Crippen molar-refractivity contribution in [1.82, 2.24) is 15.1 Å². The molecule has 9 heteroatoms. The van der Waals surface area contributed by atoms with Gasteiger partial charge >= 0.3 is 6.18 Å². The third-order valence-electron chi connectivity index (χ3n) is 3.66. The number of carbonyl (C=O) groups is 1. The highest BCUT2D eigenvalue weighted by Crippen LogP contribution is 2.30. The smallest absolute Gasteiger partial charge is 0.348 e. The first-order valence-corrected chi connectivity index (χ1v) is 7.95. The predicted octanol–water partition coefficient (Wildman–Crippen LogP) is 3.42. The van der Waals surface area contributed by atoms with Crippen LogP contribution in [0.4, 0.5) is 13.2 Å². The molecule has 0 fully saturated rings. The van der Waals surface area contributed by atoms with Gasteiger partial charge in [0.15, 0.2) is 0 Å². The number of hydrogen-bond acceptors (Lipinski definition) is 3. The van der Waals surface area contributed by atoms with Crippen molar-refractivity contribution >= 4 is 18.3 Å². The summed E-state index contributed by atoms with van der Waals surface area (Å²) in [5, 5.41) is 6.53. The lowest BCUT2D eigenvalue weighted by Crippen LogP contribution is -2.41. The van der Waals surface area contributed by atoms with Gasteiger partial charge in [0.1, 0.15) is 5.69 Å². The molecule has 144 valence electrons. The van der Waals surface area contributed by atoms with Crippen molar-refractivity contribution in [3.63, 3.8) is 0 Å². The summed E-state index contributed by atoms with van der Waals surface area (Å²) in [4.78, 5) is 12.4. The van der Waals surface area contributed by atoms with Crippen molar-refractivity contribution in [2.75, 3.05) is 6.54 Å². The average molecular weight is 391 g/mol. The molecule has 2 aromatic rings. The van der Waals surface area contributed by atoms with Crippen molar-refractivity contribution in [2.24, 2.45) is 11.7 Å². The van der Waals surface area contributed by atoms with Crippen molar-refractivity contribution in [3.05, 3.63) is 47.8 Å². The van der Waals surface area contributed by atoms with Crippen LogP contribution >= 0.6 is 12.4 Å². The van der Waals surface area contributed by atoms with Crippen LogP contribution in [0.3, 0.4) is 0 Å². The van der Waals surface area contributed by atoms with E-state index in [1.165, 1.54) is 18.2 Å². The second-order valence-corrected chi connectivity index (χ2v) is 6.21. The molecule has 3 N–H and O–H groups in total. The van der Waals surface area contributed by atoms with Gasteiger partial charge < -0.3 is 11.1 Å². The predicted molar refractivity (Wildman–Crippen MR) is 95.6 cm³/mol. The van der Waals surface area contributed by atoms with E-state index in [1.54, 1.807) is 6.07 Å². The molecule has 1 amide bonds. The maximum absolute atomic E-state index is 13.0. The van der Waals surface area contributed by atoms with Gasteiger partial charge in [-0.25, -0.2) is 4.68 Å². The molecule has 26 heavy (non-hydrogen) atoms. The summed E-state index contributed by atoms with van der Waals surface area (Å²) in [7, 11) is 0. The first-order chi connectivity index (χ1) is 11.7. The molecule has 5 nitrogen and oxygen atoms in total. The van der Waals surface area contributed by atoms with Gasteiger partial charge in [0.05, 0.1) is 11.9 Å². The van der Waals surface area contributed by atoms with Gasteiger partial charge in [0.2, 0.25) is 0 Å². The molecular weight excluding hydrogens is 369 g/mol. The first-order valence-electron chi connectivity index (χ1n) is 7.95. The second-order valence-electron chi connectivity index (χ2n) is 6.21. The molecule has 2 rings (SSSR count). The highest BCUT2D eigenvalue weighted by Gasteiger charge is 2.35. The first kappa shape index (κ1) is 22.0. The van der Waals surface area contributed by atoms with Crippen molar-refractivity contribution in [1.29, 1.82) is 0 Å². The summed E-state index contributed by atoms with van der Waals surface area (Å²) < 4.78 is 39.8. The Morgan fingerprint density at radius 2 is 2.00 bits per heavy atom.